The molecule has 0 saturated heterocycles. The van der Waals surface area contributed by atoms with Crippen molar-refractivity contribution in [1.29, 1.82) is 0 Å². The summed E-state index contributed by atoms with van der Waals surface area (Å²) in [6.45, 7) is 3.70. The van der Waals surface area contributed by atoms with E-state index in [1.54, 1.807) is 18.3 Å². The molecule has 0 saturated carbocycles. The van der Waals surface area contributed by atoms with Crippen LogP contribution >= 0.6 is 22.9 Å². The van der Waals surface area contributed by atoms with E-state index in [1.165, 1.54) is 4.88 Å². The fraction of sp³-hybridized carbons (Fsp3) is 0.500. The van der Waals surface area contributed by atoms with Gasteiger partial charge in [0, 0.05) is 10.8 Å². The molecule has 0 bridgehead atoms. The first kappa shape index (κ1) is 10.7. The molecule has 0 aliphatic heterocycles. The smallest absolute Gasteiger partial charge is 0.133 e. The van der Waals surface area contributed by atoms with E-state index in [9.17, 15) is 4.79 Å². The number of rotatable bonds is 4. The summed E-state index contributed by atoms with van der Waals surface area (Å²) >= 11 is 7.36. The molecule has 0 N–H and O–H groups in total. The van der Waals surface area contributed by atoms with Crippen LogP contribution in [0.5, 0.6) is 0 Å². The number of halogens is 1. The summed E-state index contributed by atoms with van der Waals surface area (Å²) in [5.74, 6) is 0.432. The first-order chi connectivity index (χ1) is 6.13. The van der Waals surface area contributed by atoms with Crippen LogP contribution in [0, 0.1) is 5.92 Å². The predicted octanol–water partition coefficient (Wildman–Crippen LogP) is 3.56. The SMILES string of the molecule is CCC(Cc1ccc(Cl)s1)C(C)=O. The van der Waals surface area contributed by atoms with Gasteiger partial charge in [0.2, 0.25) is 0 Å². The van der Waals surface area contributed by atoms with E-state index in [0.717, 1.165) is 17.2 Å². The van der Waals surface area contributed by atoms with Crippen LogP contribution in [0.3, 0.4) is 0 Å². The monoisotopic (exact) mass is 216 g/mol. The largest absolute Gasteiger partial charge is 0.300 e. The third-order valence-corrected chi connectivity index (χ3v) is 3.40. The molecule has 1 aromatic rings. The van der Waals surface area contributed by atoms with Crippen molar-refractivity contribution >= 4 is 28.7 Å². The van der Waals surface area contributed by atoms with Crippen LogP contribution in [0.15, 0.2) is 12.1 Å². The normalized spacial score (nSPS) is 12.8. The third kappa shape index (κ3) is 3.12. The minimum Gasteiger partial charge on any atom is -0.300 e. The van der Waals surface area contributed by atoms with Crippen molar-refractivity contribution < 1.29 is 4.79 Å². The lowest BCUT2D eigenvalue weighted by atomic mass is 9.98. The maximum atomic E-state index is 11.2. The second-order valence-corrected chi connectivity index (χ2v) is 4.93. The van der Waals surface area contributed by atoms with Crippen molar-refractivity contribution in [2.45, 2.75) is 26.7 Å². The Labute approximate surface area is 87.7 Å². The molecule has 1 rings (SSSR count). The van der Waals surface area contributed by atoms with E-state index in [-0.39, 0.29) is 11.7 Å². The fourth-order valence-electron chi connectivity index (χ4n) is 1.28. The molecule has 3 heteroatoms. The molecule has 0 aliphatic rings. The van der Waals surface area contributed by atoms with Crippen molar-refractivity contribution in [3.05, 3.63) is 21.3 Å². The van der Waals surface area contributed by atoms with Gasteiger partial charge in [-0.25, -0.2) is 0 Å². The van der Waals surface area contributed by atoms with Gasteiger partial charge in [-0.2, -0.15) is 0 Å². The second kappa shape index (κ2) is 4.77. The molecule has 0 fully saturated rings. The first-order valence-corrected chi connectivity index (χ1v) is 5.57. The Balaban J connectivity index is 2.61. The van der Waals surface area contributed by atoms with Gasteiger partial charge in [-0.15, -0.1) is 11.3 Å². The molecule has 1 unspecified atom stereocenters. The molecular weight excluding hydrogens is 204 g/mol. The van der Waals surface area contributed by atoms with E-state index in [1.807, 2.05) is 19.1 Å². The van der Waals surface area contributed by atoms with Crippen molar-refractivity contribution in [1.82, 2.24) is 0 Å². The van der Waals surface area contributed by atoms with E-state index in [0.29, 0.717) is 0 Å². The maximum Gasteiger partial charge on any atom is 0.133 e. The Kier molecular flexibility index (Phi) is 3.94. The van der Waals surface area contributed by atoms with Gasteiger partial charge < -0.3 is 0 Å². The minimum absolute atomic E-state index is 0.162. The molecule has 72 valence electrons. The average Bonchev–Trinajstić information content (AvgIpc) is 2.46. The zero-order valence-electron chi connectivity index (χ0n) is 7.84. The second-order valence-electron chi connectivity index (χ2n) is 3.13. The molecule has 0 spiro atoms. The van der Waals surface area contributed by atoms with Gasteiger partial charge in [0.15, 0.2) is 0 Å². The summed E-state index contributed by atoms with van der Waals surface area (Å²) in [5, 5.41) is 0. The van der Waals surface area contributed by atoms with E-state index in [2.05, 4.69) is 0 Å². The number of hydrogen-bond donors (Lipinski definition) is 0. The third-order valence-electron chi connectivity index (χ3n) is 2.14. The zero-order chi connectivity index (χ0) is 9.84. The van der Waals surface area contributed by atoms with Crippen LogP contribution in [-0.2, 0) is 11.2 Å². The molecule has 1 heterocycles. The van der Waals surface area contributed by atoms with Gasteiger partial charge in [0.1, 0.15) is 5.78 Å². The lowest BCUT2D eigenvalue weighted by Gasteiger charge is -2.08. The number of ketones is 1. The van der Waals surface area contributed by atoms with Gasteiger partial charge in [-0.3, -0.25) is 4.79 Å². The summed E-state index contributed by atoms with van der Waals surface area (Å²) in [6.07, 6.45) is 1.74. The summed E-state index contributed by atoms with van der Waals surface area (Å²) in [7, 11) is 0. The van der Waals surface area contributed by atoms with Gasteiger partial charge >= 0.3 is 0 Å². The number of carbonyl (C=O) groups excluding carboxylic acids is 1. The number of thiophene rings is 1. The topological polar surface area (TPSA) is 17.1 Å². The molecule has 1 atom stereocenters. The van der Waals surface area contributed by atoms with Crippen LogP contribution < -0.4 is 0 Å². The Morgan fingerprint density at radius 3 is 2.69 bits per heavy atom. The molecule has 13 heavy (non-hydrogen) atoms. The molecular formula is C10H13ClOS. The maximum absolute atomic E-state index is 11.2. The molecule has 0 amide bonds. The number of carbonyl (C=O) groups is 1. The van der Waals surface area contributed by atoms with Crippen molar-refractivity contribution in [3.63, 3.8) is 0 Å². The van der Waals surface area contributed by atoms with Gasteiger partial charge in [0.05, 0.1) is 4.34 Å². The predicted molar refractivity (Wildman–Crippen MR) is 57.5 cm³/mol. The van der Waals surface area contributed by atoms with E-state index in [4.69, 9.17) is 11.6 Å². The lowest BCUT2D eigenvalue weighted by molar-refractivity contribution is -0.120. The molecule has 1 aromatic heterocycles. The van der Waals surface area contributed by atoms with Crippen LogP contribution in [0.2, 0.25) is 4.34 Å². The molecule has 0 aromatic carbocycles. The standard InChI is InChI=1S/C10H13ClOS/c1-3-8(7(2)12)6-9-4-5-10(11)13-9/h4-5,8H,3,6H2,1-2H3. The van der Waals surface area contributed by atoms with Crippen molar-refractivity contribution in [3.8, 4) is 0 Å². The molecule has 0 radical (unpaired) electrons. The summed E-state index contributed by atoms with van der Waals surface area (Å²) in [5.41, 5.74) is 0. The van der Waals surface area contributed by atoms with E-state index < -0.39 is 0 Å². The van der Waals surface area contributed by atoms with Crippen molar-refractivity contribution in [2.75, 3.05) is 0 Å². The van der Waals surface area contributed by atoms with Crippen LogP contribution in [-0.4, -0.2) is 5.78 Å². The highest BCUT2D eigenvalue weighted by Gasteiger charge is 2.13. The summed E-state index contributed by atoms with van der Waals surface area (Å²) < 4.78 is 0.799. The Bertz CT molecular complexity index is 293. The average molecular weight is 217 g/mol. The zero-order valence-corrected chi connectivity index (χ0v) is 9.41. The van der Waals surface area contributed by atoms with Gasteiger partial charge in [-0.1, -0.05) is 18.5 Å². The first-order valence-electron chi connectivity index (χ1n) is 4.38. The highest BCUT2D eigenvalue weighted by atomic mass is 35.5. The lowest BCUT2D eigenvalue weighted by Crippen LogP contribution is -2.11. The Morgan fingerprint density at radius 1 is 1.62 bits per heavy atom. The van der Waals surface area contributed by atoms with Crippen molar-refractivity contribution in [2.24, 2.45) is 5.92 Å². The number of hydrogen-bond acceptors (Lipinski definition) is 2. The van der Waals surface area contributed by atoms with Crippen LogP contribution in [0.25, 0.3) is 0 Å². The highest BCUT2D eigenvalue weighted by Crippen LogP contribution is 2.24. The highest BCUT2D eigenvalue weighted by molar-refractivity contribution is 7.16. The molecule has 1 nitrogen and oxygen atoms in total. The fourth-order valence-corrected chi connectivity index (χ4v) is 2.45. The van der Waals surface area contributed by atoms with Crippen LogP contribution in [0.1, 0.15) is 25.1 Å². The van der Waals surface area contributed by atoms with Gasteiger partial charge in [-0.05, 0) is 31.9 Å². The van der Waals surface area contributed by atoms with Crippen LogP contribution in [0.4, 0.5) is 0 Å². The van der Waals surface area contributed by atoms with E-state index >= 15 is 0 Å². The summed E-state index contributed by atoms with van der Waals surface area (Å²) in [6, 6.07) is 3.88. The summed E-state index contributed by atoms with van der Waals surface area (Å²) in [4.78, 5) is 12.4. The molecule has 0 aliphatic carbocycles. The Hall–Kier alpha value is -0.340. The number of Topliss-reactive ketones (excluding diaryl/α,β-unsaturated/α-hetero) is 1. The Morgan fingerprint density at radius 2 is 2.31 bits per heavy atom. The minimum atomic E-state index is 0.162. The van der Waals surface area contributed by atoms with Gasteiger partial charge in [0.25, 0.3) is 0 Å². The quantitative estimate of drug-likeness (QED) is 0.752.